The Morgan fingerprint density at radius 1 is 1.16 bits per heavy atom. The molecule has 0 atom stereocenters. The second-order valence-corrected chi connectivity index (χ2v) is 8.07. The first-order chi connectivity index (χ1) is 15.2. The number of thiazole rings is 1. The van der Waals surface area contributed by atoms with Crippen LogP contribution in [0, 0.1) is 0 Å². The van der Waals surface area contributed by atoms with E-state index in [4.69, 9.17) is 9.47 Å². The fourth-order valence-corrected chi connectivity index (χ4v) is 4.17. The lowest BCUT2D eigenvalue weighted by Crippen LogP contribution is -2.32. The summed E-state index contributed by atoms with van der Waals surface area (Å²) in [5.41, 5.74) is 4.16. The largest absolute Gasteiger partial charge is 0.493 e. The van der Waals surface area contributed by atoms with Gasteiger partial charge in [-0.25, -0.2) is 9.97 Å². The normalized spacial score (nSPS) is 13.6. The van der Waals surface area contributed by atoms with E-state index in [0.29, 0.717) is 30.2 Å². The van der Waals surface area contributed by atoms with E-state index in [1.54, 1.807) is 30.8 Å². The maximum atomic E-state index is 12.8. The van der Waals surface area contributed by atoms with E-state index in [1.165, 1.54) is 30.6 Å². The highest BCUT2D eigenvalue weighted by Crippen LogP contribution is 2.29. The molecule has 0 bridgehead atoms. The molecular weight excluding hydrogens is 412 g/mol. The van der Waals surface area contributed by atoms with Gasteiger partial charge in [-0.15, -0.1) is 11.3 Å². The van der Waals surface area contributed by atoms with Gasteiger partial charge in [0.05, 0.1) is 18.3 Å². The number of carbonyl (C=O) groups is 1. The van der Waals surface area contributed by atoms with E-state index in [2.05, 4.69) is 20.2 Å². The first-order valence-electron chi connectivity index (χ1n) is 10.4. The van der Waals surface area contributed by atoms with Crippen LogP contribution in [0.1, 0.15) is 40.9 Å². The molecule has 7 nitrogen and oxygen atoms in total. The molecule has 0 spiro atoms. The van der Waals surface area contributed by atoms with Crippen LogP contribution in [0.4, 0.5) is 5.82 Å². The van der Waals surface area contributed by atoms with Crippen LogP contribution in [0.25, 0.3) is 0 Å². The van der Waals surface area contributed by atoms with E-state index < -0.39 is 0 Å². The number of hydrogen-bond acceptors (Lipinski definition) is 7. The Morgan fingerprint density at radius 3 is 2.81 bits per heavy atom. The third-order valence-corrected chi connectivity index (χ3v) is 5.88. The van der Waals surface area contributed by atoms with Gasteiger partial charge in [0.2, 0.25) is 0 Å². The molecule has 1 aromatic carbocycles. The molecule has 4 rings (SSSR count). The Balaban J connectivity index is 1.41. The molecule has 1 amide bonds. The van der Waals surface area contributed by atoms with E-state index in [1.807, 2.05) is 23.7 Å². The molecule has 162 valence electrons. The van der Waals surface area contributed by atoms with Gasteiger partial charge in [-0.05, 0) is 43.5 Å². The number of rotatable bonds is 8. The van der Waals surface area contributed by atoms with Crippen LogP contribution in [0.3, 0.4) is 0 Å². The molecule has 2 aromatic heterocycles. The molecule has 1 N–H and O–H groups in total. The minimum Gasteiger partial charge on any atom is -0.493 e. The number of amides is 1. The van der Waals surface area contributed by atoms with E-state index in [0.717, 1.165) is 30.2 Å². The molecule has 0 radical (unpaired) electrons. The van der Waals surface area contributed by atoms with Crippen molar-refractivity contribution >= 4 is 23.1 Å². The van der Waals surface area contributed by atoms with Crippen molar-refractivity contribution in [1.29, 1.82) is 0 Å². The molecule has 1 fully saturated rings. The van der Waals surface area contributed by atoms with Crippen LogP contribution < -0.4 is 19.7 Å². The van der Waals surface area contributed by atoms with E-state index in [-0.39, 0.29) is 5.91 Å². The SMILES string of the molecule is COc1cc(C(=O)NCc2cccnc2N2CCCCC2)ccc1OCc1cscn1. The molecule has 0 unspecified atom stereocenters. The summed E-state index contributed by atoms with van der Waals surface area (Å²) in [5, 5.41) is 4.94. The standard InChI is InChI=1S/C23H26N4O3S/c1-29-21-12-17(7-8-20(21)30-14-19-15-31-16-26-19)23(28)25-13-18-6-5-9-24-22(18)27-10-3-2-4-11-27/h5-9,12,15-16H,2-4,10-11,13-14H2,1H3,(H,25,28). The molecule has 1 saturated heterocycles. The van der Waals surface area contributed by atoms with E-state index >= 15 is 0 Å². The predicted molar refractivity (Wildman–Crippen MR) is 121 cm³/mol. The van der Waals surface area contributed by atoms with Crippen molar-refractivity contribution in [2.24, 2.45) is 0 Å². The quantitative estimate of drug-likeness (QED) is 0.572. The second kappa shape index (κ2) is 10.3. The van der Waals surface area contributed by atoms with Crippen LogP contribution in [0.5, 0.6) is 11.5 Å². The lowest BCUT2D eigenvalue weighted by Gasteiger charge is -2.29. The highest BCUT2D eigenvalue weighted by molar-refractivity contribution is 7.07. The molecule has 1 aliphatic rings. The summed E-state index contributed by atoms with van der Waals surface area (Å²) in [7, 11) is 1.56. The van der Waals surface area contributed by atoms with Crippen LogP contribution >= 0.6 is 11.3 Å². The number of methoxy groups -OCH3 is 1. The zero-order chi connectivity index (χ0) is 21.5. The van der Waals surface area contributed by atoms with Crippen LogP contribution in [-0.4, -0.2) is 36.1 Å². The minimum atomic E-state index is -0.169. The number of nitrogens with zero attached hydrogens (tertiary/aromatic N) is 3. The summed E-state index contributed by atoms with van der Waals surface area (Å²) in [6, 6.07) is 9.12. The number of nitrogens with one attached hydrogen (secondary N) is 1. The van der Waals surface area contributed by atoms with Crippen molar-refractivity contribution in [2.75, 3.05) is 25.1 Å². The zero-order valence-electron chi connectivity index (χ0n) is 17.5. The van der Waals surface area contributed by atoms with Crippen molar-refractivity contribution in [3.63, 3.8) is 0 Å². The van der Waals surface area contributed by atoms with Crippen molar-refractivity contribution in [3.8, 4) is 11.5 Å². The van der Waals surface area contributed by atoms with Gasteiger partial charge in [0, 0.05) is 42.3 Å². The van der Waals surface area contributed by atoms with Crippen molar-refractivity contribution in [1.82, 2.24) is 15.3 Å². The predicted octanol–water partition coefficient (Wildman–Crippen LogP) is 4.05. The first-order valence-corrected chi connectivity index (χ1v) is 11.3. The Morgan fingerprint density at radius 2 is 2.03 bits per heavy atom. The summed E-state index contributed by atoms with van der Waals surface area (Å²) >= 11 is 1.52. The van der Waals surface area contributed by atoms with Gasteiger partial charge in [0.1, 0.15) is 12.4 Å². The molecule has 1 aliphatic heterocycles. The number of pyridine rings is 1. The van der Waals surface area contributed by atoms with Gasteiger partial charge >= 0.3 is 0 Å². The molecular formula is C23H26N4O3S. The maximum absolute atomic E-state index is 12.8. The summed E-state index contributed by atoms with van der Waals surface area (Å²) in [5.74, 6) is 1.88. The second-order valence-electron chi connectivity index (χ2n) is 7.35. The van der Waals surface area contributed by atoms with Crippen LogP contribution in [0.15, 0.2) is 47.4 Å². The summed E-state index contributed by atoms with van der Waals surface area (Å²) in [4.78, 5) is 23.9. The Hall–Kier alpha value is -3.13. The maximum Gasteiger partial charge on any atom is 0.251 e. The number of hydrogen-bond donors (Lipinski definition) is 1. The smallest absolute Gasteiger partial charge is 0.251 e. The summed E-state index contributed by atoms with van der Waals surface area (Å²) in [6.07, 6.45) is 5.43. The minimum absolute atomic E-state index is 0.169. The van der Waals surface area contributed by atoms with Gasteiger partial charge in [-0.3, -0.25) is 4.79 Å². The monoisotopic (exact) mass is 438 g/mol. The molecule has 0 saturated carbocycles. The van der Waals surface area contributed by atoms with Crippen LogP contribution in [-0.2, 0) is 13.2 Å². The first kappa shape index (κ1) is 21.1. The third kappa shape index (κ3) is 5.32. The highest BCUT2D eigenvalue weighted by atomic mass is 32.1. The van der Waals surface area contributed by atoms with Crippen molar-refractivity contribution < 1.29 is 14.3 Å². The molecule has 3 aromatic rings. The fourth-order valence-electron chi connectivity index (χ4n) is 3.62. The number of ether oxygens (including phenoxy) is 2. The Labute approximate surface area is 186 Å². The van der Waals surface area contributed by atoms with Gasteiger partial charge in [0.15, 0.2) is 11.5 Å². The lowest BCUT2D eigenvalue weighted by atomic mass is 10.1. The highest BCUT2D eigenvalue weighted by Gasteiger charge is 2.17. The molecule has 31 heavy (non-hydrogen) atoms. The van der Waals surface area contributed by atoms with Gasteiger partial charge in [-0.1, -0.05) is 6.07 Å². The molecule has 8 heteroatoms. The number of benzene rings is 1. The number of aromatic nitrogens is 2. The molecule has 0 aliphatic carbocycles. The number of anilines is 1. The average molecular weight is 439 g/mol. The topological polar surface area (TPSA) is 76.6 Å². The van der Waals surface area contributed by atoms with Gasteiger partial charge in [-0.2, -0.15) is 0 Å². The Kier molecular flexibility index (Phi) is 6.99. The number of carbonyl (C=O) groups excluding carboxylic acids is 1. The average Bonchev–Trinajstić information content (AvgIpc) is 3.35. The Bertz CT molecular complexity index is 1000. The van der Waals surface area contributed by atoms with Crippen molar-refractivity contribution in [3.05, 3.63) is 64.2 Å². The van der Waals surface area contributed by atoms with Crippen molar-refractivity contribution in [2.45, 2.75) is 32.4 Å². The van der Waals surface area contributed by atoms with Gasteiger partial charge in [0.25, 0.3) is 5.91 Å². The summed E-state index contributed by atoms with van der Waals surface area (Å²) in [6.45, 7) is 2.80. The number of piperidine rings is 1. The fraction of sp³-hybridized carbons (Fsp3) is 0.348. The lowest BCUT2D eigenvalue weighted by molar-refractivity contribution is 0.0950. The third-order valence-electron chi connectivity index (χ3n) is 5.25. The zero-order valence-corrected chi connectivity index (χ0v) is 18.4. The summed E-state index contributed by atoms with van der Waals surface area (Å²) < 4.78 is 11.2. The van der Waals surface area contributed by atoms with E-state index in [9.17, 15) is 4.79 Å². The van der Waals surface area contributed by atoms with Gasteiger partial charge < -0.3 is 19.7 Å². The molecule has 3 heterocycles. The van der Waals surface area contributed by atoms with Crippen LogP contribution in [0.2, 0.25) is 0 Å².